The second-order valence-corrected chi connectivity index (χ2v) is 8.60. The van der Waals surface area contributed by atoms with E-state index in [-0.39, 0.29) is 28.7 Å². The number of nitrogens with one attached hydrogen (secondary N) is 1. The molecule has 1 aliphatic rings. The summed E-state index contributed by atoms with van der Waals surface area (Å²) < 4.78 is 5.96. The van der Waals surface area contributed by atoms with Gasteiger partial charge in [0.15, 0.2) is 17.3 Å². The van der Waals surface area contributed by atoms with Crippen molar-refractivity contribution in [2.24, 2.45) is 5.41 Å². The van der Waals surface area contributed by atoms with E-state index in [4.69, 9.17) is 4.74 Å². The van der Waals surface area contributed by atoms with Crippen LogP contribution in [0.15, 0.2) is 61.1 Å². The van der Waals surface area contributed by atoms with Gasteiger partial charge in [-0.1, -0.05) is 19.9 Å². The molecular formula is C25H21N5O3. The highest BCUT2D eigenvalue weighted by molar-refractivity contribution is 6.21. The number of H-pyrrole nitrogens is 1. The van der Waals surface area contributed by atoms with Gasteiger partial charge < -0.3 is 9.72 Å². The number of Topliss-reactive ketones (excluding diaryl/α,β-unsaturated/α-hetero) is 1. The molecule has 1 aromatic carbocycles. The van der Waals surface area contributed by atoms with E-state index in [2.05, 4.69) is 38.8 Å². The van der Waals surface area contributed by atoms with Crippen LogP contribution in [0.4, 0.5) is 0 Å². The zero-order chi connectivity index (χ0) is 23.0. The Morgan fingerprint density at radius 2 is 1.82 bits per heavy atom. The zero-order valence-electron chi connectivity index (χ0n) is 18.2. The van der Waals surface area contributed by atoms with Crippen molar-refractivity contribution < 1.29 is 14.3 Å². The van der Waals surface area contributed by atoms with Gasteiger partial charge in [0.2, 0.25) is 11.7 Å². The molecule has 0 bridgehead atoms. The third-order valence-corrected chi connectivity index (χ3v) is 5.56. The summed E-state index contributed by atoms with van der Waals surface area (Å²) in [6, 6.07) is 10.3. The van der Waals surface area contributed by atoms with Crippen molar-refractivity contribution in [3.8, 4) is 11.6 Å². The Hall–Kier alpha value is -4.20. The van der Waals surface area contributed by atoms with E-state index in [9.17, 15) is 9.59 Å². The Morgan fingerprint density at radius 3 is 2.61 bits per heavy atom. The predicted molar refractivity (Wildman–Crippen MR) is 122 cm³/mol. The molecule has 0 radical (unpaired) electrons. The van der Waals surface area contributed by atoms with E-state index in [0.29, 0.717) is 40.2 Å². The lowest BCUT2D eigenvalue weighted by molar-refractivity contribution is -0.114. The maximum atomic E-state index is 12.8. The monoisotopic (exact) mass is 439 g/mol. The molecule has 5 rings (SSSR count). The van der Waals surface area contributed by atoms with Gasteiger partial charge in [0.25, 0.3) is 0 Å². The van der Waals surface area contributed by atoms with Crippen LogP contribution in [-0.4, -0.2) is 36.5 Å². The maximum Gasteiger partial charge on any atom is 0.246 e. The van der Waals surface area contributed by atoms with Gasteiger partial charge in [0, 0.05) is 36.1 Å². The molecule has 0 atom stereocenters. The van der Waals surface area contributed by atoms with Crippen LogP contribution in [0, 0.1) is 5.41 Å². The van der Waals surface area contributed by atoms with Crippen LogP contribution in [0.3, 0.4) is 0 Å². The average Bonchev–Trinajstić information content (AvgIpc) is 3.26. The molecule has 0 unspecified atom stereocenters. The van der Waals surface area contributed by atoms with Gasteiger partial charge in [-0.2, -0.15) is 0 Å². The number of hydrogen-bond acceptors (Lipinski definition) is 7. The number of benzene rings is 1. The lowest BCUT2D eigenvalue weighted by Gasteiger charge is -2.26. The fourth-order valence-electron chi connectivity index (χ4n) is 3.77. The Labute approximate surface area is 189 Å². The number of fused-ring (bicyclic) bond motifs is 1. The molecule has 1 N–H and O–H groups in total. The molecule has 3 aromatic heterocycles. The number of aromatic amines is 1. The van der Waals surface area contributed by atoms with Gasteiger partial charge in [-0.3, -0.25) is 9.59 Å². The van der Waals surface area contributed by atoms with Crippen LogP contribution in [0.2, 0.25) is 0 Å². The summed E-state index contributed by atoms with van der Waals surface area (Å²) in [6.07, 6.45) is 7.89. The Morgan fingerprint density at radius 1 is 1.03 bits per heavy atom. The number of nitrogens with zero attached hydrogens (tertiary/aromatic N) is 4. The standard InChI is InChI=1S/C25H21N5O3/c1-25(2)10-9-19(31)17(14-25)20-24(28-13-12-26-20)33-16-7-5-15(6-8-16)21(32)23-29-18-4-3-11-27-22(18)30-23/h3-8,11-14H,9-10H2,1-2H3,(H,27,29,30). The number of allylic oxidation sites excluding steroid dienone is 2. The smallest absolute Gasteiger partial charge is 0.246 e. The van der Waals surface area contributed by atoms with Gasteiger partial charge in [0.05, 0.1) is 5.52 Å². The van der Waals surface area contributed by atoms with Crippen molar-refractivity contribution in [3.63, 3.8) is 0 Å². The average molecular weight is 439 g/mol. The number of carbonyl (C=O) groups is 2. The molecule has 8 heteroatoms. The van der Waals surface area contributed by atoms with Crippen LogP contribution in [0.5, 0.6) is 11.6 Å². The largest absolute Gasteiger partial charge is 0.437 e. The van der Waals surface area contributed by atoms with E-state index < -0.39 is 0 Å². The number of hydrogen-bond donors (Lipinski definition) is 1. The molecule has 164 valence electrons. The normalized spacial score (nSPS) is 15.3. The number of ketones is 2. The molecule has 1 aliphatic carbocycles. The maximum absolute atomic E-state index is 12.8. The first-order chi connectivity index (χ1) is 15.9. The first kappa shape index (κ1) is 20.7. The molecule has 0 aliphatic heterocycles. The molecule has 0 fully saturated rings. The van der Waals surface area contributed by atoms with Crippen LogP contribution in [0.1, 0.15) is 48.6 Å². The molecular weight excluding hydrogens is 418 g/mol. The molecule has 0 amide bonds. The van der Waals surface area contributed by atoms with Gasteiger partial charge in [-0.15, -0.1) is 0 Å². The first-order valence-electron chi connectivity index (χ1n) is 10.6. The minimum atomic E-state index is -0.250. The molecule has 0 saturated heterocycles. The Bertz CT molecular complexity index is 1370. The summed E-state index contributed by atoms with van der Waals surface area (Å²) in [6.45, 7) is 4.17. The molecule has 3 heterocycles. The van der Waals surface area contributed by atoms with Crippen LogP contribution < -0.4 is 4.74 Å². The number of aromatic nitrogens is 5. The number of carbonyl (C=O) groups excluding carboxylic acids is 2. The quantitative estimate of drug-likeness (QED) is 0.454. The minimum absolute atomic E-state index is 0.0287. The van der Waals surface area contributed by atoms with E-state index in [1.807, 2.05) is 12.1 Å². The summed E-state index contributed by atoms with van der Waals surface area (Å²) in [5, 5.41) is 0. The Kier molecular flexibility index (Phi) is 5.05. The lowest BCUT2D eigenvalue weighted by Crippen LogP contribution is -2.20. The highest BCUT2D eigenvalue weighted by atomic mass is 16.5. The van der Waals surface area contributed by atoms with Crippen molar-refractivity contribution >= 4 is 28.3 Å². The summed E-state index contributed by atoms with van der Waals surface area (Å²) >= 11 is 0. The number of ether oxygens (including phenoxy) is 1. The lowest BCUT2D eigenvalue weighted by atomic mass is 9.78. The summed E-state index contributed by atoms with van der Waals surface area (Å²) in [7, 11) is 0. The van der Waals surface area contributed by atoms with E-state index in [1.165, 1.54) is 6.20 Å². The number of rotatable bonds is 5. The summed E-state index contributed by atoms with van der Waals surface area (Å²) in [5.41, 5.74) is 2.49. The van der Waals surface area contributed by atoms with Crippen LogP contribution in [-0.2, 0) is 4.79 Å². The number of pyridine rings is 1. The van der Waals surface area contributed by atoms with E-state index in [0.717, 1.165) is 6.42 Å². The number of imidazole rings is 1. The van der Waals surface area contributed by atoms with E-state index >= 15 is 0 Å². The minimum Gasteiger partial charge on any atom is -0.437 e. The van der Waals surface area contributed by atoms with E-state index in [1.54, 1.807) is 42.7 Å². The van der Waals surface area contributed by atoms with Crippen LogP contribution in [0.25, 0.3) is 16.7 Å². The van der Waals surface area contributed by atoms with Gasteiger partial charge >= 0.3 is 0 Å². The van der Waals surface area contributed by atoms with Crippen molar-refractivity contribution in [3.05, 3.63) is 78.1 Å². The van der Waals surface area contributed by atoms with Gasteiger partial charge in [0.1, 0.15) is 11.4 Å². The molecule has 4 aromatic rings. The van der Waals surface area contributed by atoms with Crippen molar-refractivity contribution in [1.29, 1.82) is 0 Å². The molecule has 0 saturated carbocycles. The van der Waals surface area contributed by atoms with Gasteiger partial charge in [-0.25, -0.2) is 19.9 Å². The second kappa shape index (κ2) is 8.05. The van der Waals surface area contributed by atoms with Crippen molar-refractivity contribution in [2.45, 2.75) is 26.7 Å². The van der Waals surface area contributed by atoms with Crippen molar-refractivity contribution in [1.82, 2.24) is 24.9 Å². The molecule has 8 nitrogen and oxygen atoms in total. The SMILES string of the molecule is CC1(C)C=C(c2nccnc2Oc2ccc(C(=O)c3nc4ncccc4[nH]3)cc2)C(=O)CC1. The third kappa shape index (κ3) is 4.15. The summed E-state index contributed by atoms with van der Waals surface area (Å²) in [5.74, 6) is 0.722. The van der Waals surface area contributed by atoms with Crippen LogP contribution >= 0.6 is 0 Å². The zero-order valence-corrected chi connectivity index (χ0v) is 18.2. The first-order valence-corrected chi connectivity index (χ1v) is 10.6. The third-order valence-electron chi connectivity index (χ3n) is 5.56. The highest BCUT2D eigenvalue weighted by Crippen LogP contribution is 2.37. The fourth-order valence-corrected chi connectivity index (χ4v) is 3.77. The molecule has 0 spiro atoms. The second-order valence-electron chi connectivity index (χ2n) is 8.60. The fraction of sp³-hybridized carbons (Fsp3) is 0.200. The summed E-state index contributed by atoms with van der Waals surface area (Å²) in [4.78, 5) is 45.4. The topological polar surface area (TPSA) is 111 Å². The molecule has 33 heavy (non-hydrogen) atoms. The highest BCUT2D eigenvalue weighted by Gasteiger charge is 2.29. The van der Waals surface area contributed by atoms with Crippen molar-refractivity contribution in [2.75, 3.05) is 0 Å². The Balaban J connectivity index is 1.40. The predicted octanol–water partition coefficient (Wildman–Crippen LogP) is 4.54. The van der Waals surface area contributed by atoms with Gasteiger partial charge in [-0.05, 0) is 48.2 Å².